The van der Waals surface area contributed by atoms with Crippen LogP contribution in [-0.2, 0) is 4.74 Å². The normalized spacial score (nSPS) is 17.1. The Kier molecular flexibility index (Phi) is 4.82. The minimum Gasteiger partial charge on any atom is -0.444 e. The van der Waals surface area contributed by atoms with Gasteiger partial charge in [0.15, 0.2) is 0 Å². The smallest absolute Gasteiger partial charge is 0.410 e. The second-order valence-electron chi connectivity index (χ2n) is 8.02. The number of carbonyl (C=O) groups is 1. The summed E-state index contributed by atoms with van der Waals surface area (Å²) in [5.74, 6) is 0.924. The molecular weight excluding hydrogens is 394 g/mol. The van der Waals surface area contributed by atoms with Crippen molar-refractivity contribution in [2.75, 3.05) is 6.54 Å². The van der Waals surface area contributed by atoms with Gasteiger partial charge in [-0.3, -0.25) is 14.8 Å². The van der Waals surface area contributed by atoms with Gasteiger partial charge in [0.2, 0.25) is 0 Å². The molecule has 1 N–H and O–H groups in total. The SMILES string of the molecule is CC(C)(C)OC(=O)N1CCC[C@H]1c1nc2cccc(Cl)c2c(=O)n1-c1ccn[nH]1. The first-order valence-corrected chi connectivity index (χ1v) is 9.84. The van der Waals surface area contributed by atoms with Gasteiger partial charge in [-0.05, 0) is 45.7 Å². The number of aromatic amines is 1. The van der Waals surface area contributed by atoms with Gasteiger partial charge >= 0.3 is 6.09 Å². The highest BCUT2D eigenvalue weighted by Gasteiger charge is 2.36. The number of benzene rings is 1. The van der Waals surface area contributed by atoms with E-state index in [1.165, 1.54) is 4.57 Å². The zero-order valence-corrected chi connectivity index (χ0v) is 17.2. The summed E-state index contributed by atoms with van der Waals surface area (Å²) in [6.07, 6.45) is 2.60. The summed E-state index contributed by atoms with van der Waals surface area (Å²) >= 11 is 6.30. The number of H-pyrrole nitrogens is 1. The van der Waals surface area contributed by atoms with Crippen LogP contribution in [0, 0.1) is 0 Å². The lowest BCUT2D eigenvalue weighted by Crippen LogP contribution is -2.38. The number of halogens is 1. The number of aromatic nitrogens is 4. The third-order valence-electron chi connectivity index (χ3n) is 4.78. The van der Waals surface area contributed by atoms with Crippen molar-refractivity contribution in [1.82, 2.24) is 24.6 Å². The maximum Gasteiger partial charge on any atom is 0.410 e. The van der Waals surface area contributed by atoms with Gasteiger partial charge in [0, 0.05) is 12.6 Å². The van der Waals surface area contributed by atoms with Gasteiger partial charge in [0.05, 0.1) is 28.2 Å². The third-order valence-corrected chi connectivity index (χ3v) is 5.09. The molecule has 3 heterocycles. The molecule has 1 aliphatic rings. The first kappa shape index (κ1) is 19.4. The molecule has 1 aromatic carbocycles. The molecule has 3 aromatic rings. The molecule has 4 rings (SSSR count). The average Bonchev–Trinajstić information content (AvgIpc) is 3.32. The summed E-state index contributed by atoms with van der Waals surface area (Å²) in [7, 11) is 0. The molecule has 1 saturated heterocycles. The number of hydrogen-bond donors (Lipinski definition) is 1. The van der Waals surface area contributed by atoms with Crippen LogP contribution in [0.5, 0.6) is 0 Å². The predicted octanol–water partition coefficient (Wildman–Crippen LogP) is 3.83. The van der Waals surface area contributed by atoms with E-state index in [9.17, 15) is 9.59 Å². The number of carbonyl (C=O) groups excluding carboxylic acids is 1. The Morgan fingerprint density at radius 1 is 1.31 bits per heavy atom. The average molecular weight is 416 g/mol. The molecule has 0 unspecified atom stereocenters. The van der Waals surface area contributed by atoms with Crippen molar-refractivity contribution in [3.05, 3.63) is 51.7 Å². The van der Waals surface area contributed by atoms with E-state index in [0.717, 1.165) is 6.42 Å². The first-order chi connectivity index (χ1) is 13.8. The Hall–Kier alpha value is -2.87. The highest BCUT2D eigenvalue weighted by atomic mass is 35.5. The first-order valence-electron chi connectivity index (χ1n) is 9.47. The second-order valence-corrected chi connectivity index (χ2v) is 8.43. The summed E-state index contributed by atoms with van der Waals surface area (Å²) in [4.78, 5) is 32.6. The molecule has 8 nitrogen and oxygen atoms in total. The fourth-order valence-electron chi connectivity index (χ4n) is 3.61. The molecule has 2 aromatic heterocycles. The number of rotatable bonds is 2. The number of fused-ring (bicyclic) bond motifs is 1. The molecule has 152 valence electrons. The molecule has 1 atom stereocenters. The van der Waals surface area contributed by atoms with E-state index in [2.05, 4.69) is 10.2 Å². The molecule has 1 aliphatic heterocycles. The van der Waals surface area contributed by atoms with Gasteiger partial charge in [0.25, 0.3) is 5.56 Å². The van der Waals surface area contributed by atoms with Crippen LogP contribution in [0.3, 0.4) is 0 Å². The molecule has 1 amide bonds. The molecule has 0 spiro atoms. The van der Waals surface area contributed by atoms with Crippen molar-refractivity contribution in [3.8, 4) is 5.82 Å². The second kappa shape index (κ2) is 7.18. The van der Waals surface area contributed by atoms with E-state index in [0.29, 0.717) is 40.5 Å². The van der Waals surface area contributed by atoms with Crippen molar-refractivity contribution >= 4 is 28.6 Å². The zero-order valence-electron chi connectivity index (χ0n) is 16.5. The Morgan fingerprint density at radius 3 is 2.79 bits per heavy atom. The van der Waals surface area contributed by atoms with E-state index >= 15 is 0 Å². The number of hydrogen-bond acceptors (Lipinski definition) is 5. The van der Waals surface area contributed by atoms with Crippen LogP contribution in [-0.4, -0.2) is 42.9 Å². The largest absolute Gasteiger partial charge is 0.444 e. The number of ether oxygens (including phenoxy) is 1. The van der Waals surface area contributed by atoms with Crippen molar-refractivity contribution in [3.63, 3.8) is 0 Å². The van der Waals surface area contributed by atoms with E-state index < -0.39 is 17.7 Å². The highest BCUT2D eigenvalue weighted by molar-refractivity contribution is 6.35. The number of nitrogens with zero attached hydrogens (tertiary/aromatic N) is 4. The lowest BCUT2D eigenvalue weighted by atomic mass is 10.1. The Labute approximate surface area is 172 Å². The lowest BCUT2D eigenvalue weighted by Gasteiger charge is -2.29. The Balaban J connectivity index is 1.90. The zero-order chi connectivity index (χ0) is 20.8. The summed E-state index contributed by atoms with van der Waals surface area (Å²) in [6, 6.07) is 6.44. The molecule has 0 radical (unpaired) electrons. The van der Waals surface area contributed by atoms with Crippen molar-refractivity contribution in [2.24, 2.45) is 0 Å². The van der Waals surface area contributed by atoms with Gasteiger partial charge in [-0.1, -0.05) is 17.7 Å². The van der Waals surface area contributed by atoms with Gasteiger partial charge < -0.3 is 4.74 Å². The number of amides is 1. The van der Waals surface area contributed by atoms with Crippen LogP contribution >= 0.6 is 11.6 Å². The topological polar surface area (TPSA) is 93.1 Å². The summed E-state index contributed by atoms with van der Waals surface area (Å²) in [5, 5.41) is 7.44. The van der Waals surface area contributed by atoms with Crippen molar-refractivity contribution in [1.29, 1.82) is 0 Å². The van der Waals surface area contributed by atoms with Gasteiger partial charge in [-0.25, -0.2) is 14.3 Å². The summed E-state index contributed by atoms with van der Waals surface area (Å²) in [5.41, 5.74) is -0.433. The van der Waals surface area contributed by atoms with Crippen LogP contribution in [0.15, 0.2) is 35.3 Å². The number of nitrogens with one attached hydrogen (secondary N) is 1. The predicted molar refractivity (Wildman–Crippen MR) is 109 cm³/mol. The van der Waals surface area contributed by atoms with Gasteiger partial charge in [-0.2, -0.15) is 5.10 Å². The van der Waals surface area contributed by atoms with Crippen LogP contribution in [0.1, 0.15) is 45.5 Å². The Bertz CT molecular complexity index is 1120. The Morgan fingerprint density at radius 2 is 2.10 bits per heavy atom. The minimum atomic E-state index is -0.613. The van der Waals surface area contributed by atoms with Crippen molar-refractivity contribution in [2.45, 2.75) is 45.3 Å². The maximum atomic E-state index is 13.4. The van der Waals surface area contributed by atoms with Gasteiger partial charge in [0.1, 0.15) is 17.2 Å². The van der Waals surface area contributed by atoms with Crippen LogP contribution < -0.4 is 5.56 Å². The molecule has 9 heteroatoms. The van der Waals surface area contributed by atoms with Crippen LogP contribution in [0.4, 0.5) is 4.79 Å². The lowest BCUT2D eigenvalue weighted by molar-refractivity contribution is 0.0216. The number of likely N-dealkylation sites (tertiary alicyclic amines) is 1. The molecule has 1 fully saturated rings. The molecular formula is C20H22ClN5O3. The minimum absolute atomic E-state index is 0.309. The van der Waals surface area contributed by atoms with E-state index in [4.69, 9.17) is 21.3 Å². The highest BCUT2D eigenvalue weighted by Crippen LogP contribution is 2.33. The summed E-state index contributed by atoms with van der Waals surface area (Å²) in [6.45, 7) is 6.01. The molecule has 0 bridgehead atoms. The fourth-order valence-corrected chi connectivity index (χ4v) is 3.86. The molecule has 29 heavy (non-hydrogen) atoms. The standard InChI is InChI=1S/C20H22ClN5O3/c1-20(2,3)29-19(28)25-11-5-8-14(25)17-23-13-7-4-6-12(21)16(13)18(27)26(17)15-9-10-22-24-15/h4,6-7,9-10,14H,5,8,11H2,1-3H3,(H,22,24)/t14-/m0/s1. The van der Waals surface area contributed by atoms with Gasteiger partial charge in [-0.15, -0.1) is 0 Å². The summed E-state index contributed by atoms with van der Waals surface area (Å²) < 4.78 is 7.02. The molecule has 0 saturated carbocycles. The van der Waals surface area contributed by atoms with E-state index in [-0.39, 0.29) is 5.56 Å². The maximum absolute atomic E-state index is 13.4. The monoisotopic (exact) mass is 415 g/mol. The fraction of sp³-hybridized carbons (Fsp3) is 0.400. The van der Waals surface area contributed by atoms with E-state index in [1.807, 2.05) is 20.8 Å². The third kappa shape index (κ3) is 3.60. The van der Waals surface area contributed by atoms with Crippen LogP contribution in [0.2, 0.25) is 5.02 Å². The molecule has 0 aliphatic carbocycles. The van der Waals surface area contributed by atoms with Crippen molar-refractivity contribution < 1.29 is 9.53 Å². The van der Waals surface area contributed by atoms with Crippen LogP contribution in [0.25, 0.3) is 16.7 Å². The van der Waals surface area contributed by atoms with E-state index in [1.54, 1.807) is 35.4 Å². The quantitative estimate of drug-likeness (QED) is 0.686.